The van der Waals surface area contributed by atoms with Gasteiger partial charge in [0.1, 0.15) is 24.6 Å². The van der Waals surface area contributed by atoms with Gasteiger partial charge in [0.05, 0.1) is 48.7 Å². The van der Waals surface area contributed by atoms with Crippen LogP contribution in [0.15, 0.2) is 60.9 Å². The summed E-state index contributed by atoms with van der Waals surface area (Å²) in [5.41, 5.74) is 3.63. The quantitative estimate of drug-likeness (QED) is 0.320. The topological polar surface area (TPSA) is 162 Å². The number of rotatable bonds is 0. The first-order chi connectivity index (χ1) is 18.4. The van der Waals surface area contributed by atoms with E-state index in [1.165, 1.54) is 19.9 Å². The average Bonchev–Trinajstić information content (AvgIpc) is 3.57. The van der Waals surface area contributed by atoms with Crippen LogP contribution in [-0.4, -0.2) is 41.9 Å². The predicted molar refractivity (Wildman–Crippen MR) is 132 cm³/mol. The number of nitrogens with zero attached hydrogens (tertiary/aromatic N) is 8. The Bertz CT molecular complexity index is 1350. The standard InChI is InChI=1S/C22H18N6O4.2C2H3N/c29-21-17-2-1-3-18(8-17)22(30)32-14-20-12-28(26-24-20)10-16-6-4-15(5-7-16)9-27-11-19(13-31-21)23-25-27;2*1-2-3/h1-8,11-12H,9-10,13-14H2;2*1H3. The summed E-state index contributed by atoms with van der Waals surface area (Å²) < 4.78 is 14.0. The Labute approximate surface area is 218 Å². The smallest absolute Gasteiger partial charge is 0.338 e. The summed E-state index contributed by atoms with van der Waals surface area (Å²) in [6.45, 7) is 3.88. The molecule has 0 saturated heterocycles. The van der Waals surface area contributed by atoms with Crippen LogP contribution in [-0.2, 0) is 35.8 Å². The molecule has 4 heterocycles. The van der Waals surface area contributed by atoms with E-state index >= 15 is 0 Å². The predicted octanol–water partition coefficient (Wildman–Crippen LogP) is 3.05. The van der Waals surface area contributed by atoms with E-state index in [2.05, 4.69) is 20.6 Å². The van der Waals surface area contributed by atoms with Gasteiger partial charge in [-0.05, 0) is 29.3 Å². The van der Waals surface area contributed by atoms with Crippen molar-refractivity contribution in [3.63, 3.8) is 0 Å². The second-order valence-corrected chi connectivity index (χ2v) is 7.81. The van der Waals surface area contributed by atoms with Crippen LogP contribution in [0, 0.1) is 22.7 Å². The van der Waals surface area contributed by atoms with Crippen LogP contribution >= 0.6 is 0 Å². The van der Waals surface area contributed by atoms with Gasteiger partial charge in [-0.1, -0.05) is 40.8 Å². The molecule has 12 heteroatoms. The highest BCUT2D eigenvalue weighted by Gasteiger charge is 2.15. The maximum absolute atomic E-state index is 12.4. The molecule has 4 aromatic rings. The molecule has 0 saturated carbocycles. The number of hydrogen-bond acceptors (Lipinski definition) is 10. The number of carbonyl (C=O) groups excluding carboxylic acids is 2. The molecule has 2 aliphatic heterocycles. The van der Waals surface area contributed by atoms with Crippen LogP contribution in [0.25, 0.3) is 0 Å². The first-order valence-electron chi connectivity index (χ1n) is 11.4. The average molecular weight is 513 g/mol. The van der Waals surface area contributed by atoms with Gasteiger partial charge in [0.2, 0.25) is 0 Å². The number of esters is 2. The normalized spacial score (nSPS) is 12.5. The first kappa shape index (κ1) is 27.2. The molecule has 38 heavy (non-hydrogen) atoms. The number of benzene rings is 2. The van der Waals surface area contributed by atoms with Crippen LogP contribution in [0.4, 0.5) is 0 Å². The van der Waals surface area contributed by atoms with Crippen LogP contribution < -0.4 is 0 Å². The number of fused-ring (bicyclic) bond motifs is 6. The minimum atomic E-state index is -0.571. The van der Waals surface area contributed by atoms with Crippen molar-refractivity contribution in [2.24, 2.45) is 0 Å². The summed E-state index contributed by atoms with van der Waals surface area (Å²) in [4.78, 5) is 24.9. The lowest BCUT2D eigenvalue weighted by atomic mass is 10.1. The van der Waals surface area contributed by atoms with Crippen molar-refractivity contribution in [3.05, 3.63) is 94.6 Å². The summed E-state index contributed by atoms with van der Waals surface area (Å²) >= 11 is 0. The zero-order chi connectivity index (χ0) is 27.3. The highest BCUT2D eigenvalue weighted by atomic mass is 16.5. The van der Waals surface area contributed by atoms with Crippen LogP contribution in [0.3, 0.4) is 0 Å². The van der Waals surface area contributed by atoms with E-state index in [1.807, 2.05) is 24.3 Å². The maximum atomic E-state index is 12.4. The number of carbonyl (C=O) groups is 2. The van der Waals surface area contributed by atoms with Crippen LogP contribution in [0.2, 0.25) is 0 Å². The van der Waals surface area contributed by atoms with Gasteiger partial charge in [-0.2, -0.15) is 10.5 Å². The zero-order valence-corrected chi connectivity index (χ0v) is 20.8. The molecule has 12 nitrogen and oxygen atoms in total. The molecule has 8 bridgehead atoms. The second-order valence-electron chi connectivity index (χ2n) is 7.81. The molecule has 6 rings (SSSR count). The van der Waals surface area contributed by atoms with Gasteiger partial charge >= 0.3 is 11.9 Å². The number of ether oxygens (including phenoxy) is 2. The molecule has 2 aromatic carbocycles. The molecule has 0 amide bonds. The third-order valence-corrected chi connectivity index (χ3v) is 4.92. The largest absolute Gasteiger partial charge is 0.455 e. The van der Waals surface area contributed by atoms with Crippen molar-refractivity contribution in [1.82, 2.24) is 30.0 Å². The van der Waals surface area contributed by atoms with E-state index in [0.29, 0.717) is 24.5 Å². The maximum Gasteiger partial charge on any atom is 0.338 e. The lowest BCUT2D eigenvalue weighted by Crippen LogP contribution is -2.09. The highest BCUT2D eigenvalue weighted by Crippen LogP contribution is 2.12. The molecule has 0 aliphatic carbocycles. The molecule has 0 fully saturated rings. The van der Waals surface area contributed by atoms with Crippen LogP contribution in [0.5, 0.6) is 0 Å². The number of hydrogen-bond donors (Lipinski definition) is 0. The van der Waals surface area contributed by atoms with Gasteiger partial charge in [-0.3, -0.25) is 0 Å². The third-order valence-electron chi connectivity index (χ3n) is 4.92. The minimum absolute atomic E-state index is 0.0264. The Hall–Kier alpha value is -5.36. The molecule has 0 atom stereocenters. The van der Waals surface area contributed by atoms with E-state index < -0.39 is 11.9 Å². The summed E-state index contributed by atoms with van der Waals surface area (Å²) in [6, 6.07) is 17.7. The number of aromatic nitrogens is 6. The molecule has 2 aromatic heterocycles. The third kappa shape index (κ3) is 7.83. The fraction of sp³-hybridized carbons (Fsp3) is 0.231. The Morgan fingerprint density at radius 3 is 1.53 bits per heavy atom. The van der Waals surface area contributed by atoms with Crippen molar-refractivity contribution >= 4 is 11.9 Å². The van der Waals surface area contributed by atoms with Crippen molar-refractivity contribution < 1.29 is 19.1 Å². The van der Waals surface area contributed by atoms with Gasteiger partial charge in [-0.25, -0.2) is 19.0 Å². The Morgan fingerprint density at radius 2 is 1.13 bits per heavy atom. The van der Waals surface area contributed by atoms with Crippen molar-refractivity contribution in [3.8, 4) is 12.1 Å². The lowest BCUT2D eigenvalue weighted by molar-refractivity contribution is 0.0465. The van der Waals surface area contributed by atoms with Crippen molar-refractivity contribution in [2.75, 3.05) is 0 Å². The molecule has 0 N–H and O–H groups in total. The SMILES string of the molecule is CC#N.CC#N.O=C1OCc2cn(nn2)Cc2ccc(cc2)Cn2cc(nn2)COC(=O)c2cccc1c2. The van der Waals surface area contributed by atoms with Gasteiger partial charge in [0.15, 0.2) is 0 Å². The Kier molecular flexibility index (Phi) is 9.79. The summed E-state index contributed by atoms with van der Waals surface area (Å²) in [5.74, 6) is -1.14. The fourth-order valence-electron chi connectivity index (χ4n) is 3.31. The van der Waals surface area contributed by atoms with Gasteiger partial charge in [-0.15, -0.1) is 10.2 Å². The van der Waals surface area contributed by atoms with E-state index in [0.717, 1.165) is 11.1 Å². The number of nitriles is 2. The zero-order valence-electron chi connectivity index (χ0n) is 20.8. The highest BCUT2D eigenvalue weighted by molar-refractivity contribution is 5.95. The summed E-state index contributed by atoms with van der Waals surface area (Å²) in [6.07, 6.45) is 3.46. The van der Waals surface area contributed by atoms with Gasteiger partial charge < -0.3 is 9.47 Å². The van der Waals surface area contributed by atoms with E-state index in [4.69, 9.17) is 20.0 Å². The summed E-state index contributed by atoms with van der Waals surface area (Å²) in [5, 5.41) is 30.9. The lowest BCUT2D eigenvalue weighted by Gasteiger charge is -2.06. The van der Waals surface area contributed by atoms with Crippen LogP contribution in [0.1, 0.15) is 57.1 Å². The monoisotopic (exact) mass is 512 g/mol. The van der Waals surface area contributed by atoms with Crippen molar-refractivity contribution in [1.29, 1.82) is 10.5 Å². The van der Waals surface area contributed by atoms with Gasteiger partial charge in [0, 0.05) is 13.8 Å². The molecule has 0 radical (unpaired) electrons. The van der Waals surface area contributed by atoms with E-state index in [1.54, 1.807) is 52.1 Å². The molecule has 0 spiro atoms. The molecular weight excluding hydrogens is 488 g/mol. The Balaban J connectivity index is 0.000000611. The second kappa shape index (κ2) is 13.7. The minimum Gasteiger partial charge on any atom is -0.455 e. The molecule has 0 unspecified atom stereocenters. The Morgan fingerprint density at radius 1 is 0.737 bits per heavy atom. The summed E-state index contributed by atoms with van der Waals surface area (Å²) in [7, 11) is 0. The molecule has 2 aliphatic rings. The first-order valence-corrected chi connectivity index (χ1v) is 11.4. The van der Waals surface area contributed by atoms with Gasteiger partial charge in [0.25, 0.3) is 0 Å². The fourth-order valence-corrected chi connectivity index (χ4v) is 3.31. The van der Waals surface area contributed by atoms with E-state index in [-0.39, 0.29) is 24.3 Å². The molecule has 192 valence electrons. The molecular formula is C26H24N8O4. The van der Waals surface area contributed by atoms with Crippen molar-refractivity contribution in [2.45, 2.75) is 40.2 Å². The van der Waals surface area contributed by atoms with E-state index in [9.17, 15) is 9.59 Å².